The average Bonchev–Trinajstić information content (AvgIpc) is 2.37. The summed E-state index contributed by atoms with van der Waals surface area (Å²) in [6.45, 7) is 8.76. The summed E-state index contributed by atoms with van der Waals surface area (Å²) in [6.07, 6.45) is 3.32. The topological polar surface area (TPSA) is 24.1 Å². The Bertz CT molecular complexity index is 326. The molecule has 2 N–H and O–H groups in total. The standard InChI is InChI=1S/C15H26N2S/c1-13(2)11-16-9-6-10-17-12-14-7-4-5-8-15(14)18-3/h4-5,7-8,13,16-17H,6,9-12H2,1-3H3. The lowest BCUT2D eigenvalue weighted by Gasteiger charge is -2.10. The van der Waals surface area contributed by atoms with Crippen molar-refractivity contribution in [2.24, 2.45) is 5.92 Å². The first kappa shape index (κ1) is 15.5. The van der Waals surface area contributed by atoms with Crippen LogP contribution in [0.3, 0.4) is 0 Å². The summed E-state index contributed by atoms with van der Waals surface area (Å²) in [5.41, 5.74) is 1.40. The molecule has 3 heteroatoms. The van der Waals surface area contributed by atoms with Gasteiger partial charge in [0.15, 0.2) is 0 Å². The molecule has 1 rings (SSSR count). The van der Waals surface area contributed by atoms with Gasteiger partial charge in [0.25, 0.3) is 0 Å². The molecule has 0 saturated carbocycles. The molecule has 0 heterocycles. The van der Waals surface area contributed by atoms with Crippen LogP contribution in [-0.2, 0) is 6.54 Å². The van der Waals surface area contributed by atoms with Crippen LogP contribution in [0.4, 0.5) is 0 Å². The van der Waals surface area contributed by atoms with Crippen molar-refractivity contribution >= 4 is 11.8 Å². The van der Waals surface area contributed by atoms with Crippen molar-refractivity contribution in [3.63, 3.8) is 0 Å². The minimum Gasteiger partial charge on any atom is -0.316 e. The molecule has 1 aromatic rings. The van der Waals surface area contributed by atoms with E-state index >= 15 is 0 Å². The molecule has 1 aromatic carbocycles. The third-order valence-corrected chi connectivity index (χ3v) is 3.61. The fourth-order valence-corrected chi connectivity index (χ4v) is 2.42. The molecule has 0 aliphatic heterocycles. The maximum atomic E-state index is 3.51. The van der Waals surface area contributed by atoms with Crippen LogP contribution in [0.15, 0.2) is 29.2 Å². The third-order valence-electron chi connectivity index (χ3n) is 2.77. The zero-order valence-corrected chi connectivity index (χ0v) is 12.6. The molecule has 102 valence electrons. The Hall–Kier alpha value is -0.510. The van der Waals surface area contributed by atoms with E-state index in [2.05, 4.69) is 55.0 Å². The van der Waals surface area contributed by atoms with Crippen LogP contribution < -0.4 is 10.6 Å². The normalized spacial score (nSPS) is 11.1. The largest absolute Gasteiger partial charge is 0.316 e. The third kappa shape index (κ3) is 6.43. The molecule has 2 nitrogen and oxygen atoms in total. The van der Waals surface area contributed by atoms with Crippen LogP contribution in [0.1, 0.15) is 25.8 Å². The summed E-state index contributed by atoms with van der Waals surface area (Å²) >= 11 is 1.82. The van der Waals surface area contributed by atoms with Gasteiger partial charge in [-0.1, -0.05) is 32.0 Å². The van der Waals surface area contributed by atoms with E-state index in [1.165, 1.54) is 16.9 Å². The van der Waals surface area contributed by atoms with E-state index in [1.807, 2.05) is 11.8 Å². The fourth-order valence-electron chi connectivity index (χ4n) is 1.80. The van der Waals surface area contributed by atoms with Gasteiger partial charge in [0.05, 0.1) is 0 Å². The molecule has 0 bridgehead atoms. The smallest absolute Gasteiger partial charge is 0.0216 e. The Morgan fingerprint density at radius 2 is 1.83 bits per heavy atom. The molecular weight excluding hydrogens is 240 g/mol. The van der Waals surface area contributed by atoms with Gasteiger partial charge in [0.1, 0.15) is 0 Å². The van der Waals surface area contributed by atoms with E-state index in [0.29, 0.717) is 0 Å². The summed E-state index contributed by atoms with van der Waals surface area (Å²) in [5.74, 6) is 0.742. The maximum absolute atomic E-state index is 3.51. The summed E-state index contributed by atoms with van der Waals surface area (Å²) < 4.78 is 0. The Kier molecular flexibility index (Phi) is 8.14. The second kappa shape index (κ2) is 9.42. The lowest BCUT2D eigenvalue weighted by atomic mass is 10.2. The van der Waals surface area contributed by atoms with Crippen LogP contribution >= 0.6 is 11.8 Å². The highest BCUT2D eigenvalue weighted by molar-refractivity contribution is 7.98. The second-order valence-electron chi connectivity index (χ2n) is 4.94. The van der Waals surface area contributed by atoms with Gasteiger partial charge in [-0.25, -0.2) is 0 Å². The average molecular weight is 266 g/mol. The van der Waals surface area contributed by atoms with Crippen molar-refractivity contribution in [2.45, 2.75) is 31.7 Å². The first-order chi connectivity index (χ1) is 8.74. The summed E-state index contributed by atoms with van der Waals surface area (Å²) in [4.78, 5) is 1.38. The van der Waals surface area contributed by atoms with Crippen molar-refractivity contribution in [1.82, 2.24) is 10.6 Å². The summed E-state index contributed by atoms with van der Waals surface area (Å²) in [5, 5.41) is 6.97. The van der Waals surface area contributed by atoms with Gasteiger partial charge in [-0.05, 0) is 49.9 Å². The van der Waals surface area contributed by atoms with Crippen LogP contribution in [-0.4, -0.2) is 25.9 Å². The van der Waals surface area contributed by atoms with Crippen molar-refractivity contribution < 1.29 is 0 Å². The van der Waals surface area contributed by atoms with Crippen LogP contribution in [0.25, 0.3) is 0 Å². The first-order valence-corrected chi connectivity index (χ1v) is 8.00. The molecule has 0 spiro atoms. The predicted octanol–water partition coefficient (Wildman–Crippen LogP) is 3.13. The molecule has 0 saturated heterocycles. The molecule has 0 aliphatic carbocycles. The lowest BCUT2D eigenvalue weighted by molar-refractivity contribution is 0.530. The highest BCUT2D eigenvalue weighted by atomic mass is 32.2. The van der Waals surface area contributed by atoms with Crippen molar-refractivity contribution in [1.29, 1.82) is 0 Å². The summed E-state index contributed by atoms with van der Waals surface area (Å²) in [6, 6.07) is 8.60. The van der Waals surface area contributed by atoms with Crippen LogP contribution in [0.2, 0.25) is 0 Å². The van der Waals surface area contributed by atoms with Gasteiger partial charge in [0, 0.05) is 11.4 Å². The van der Waals surface area contributed by atoms with E-state index in [0.717, 1.165) is 32.1 Å². The number of rotatable bonds is 9. The first-order valence-electron chi connectivity index (χ1n) is 6.77. The molecule has 0 atom stereocenters. The van der Waals surface area contributed by atoms with Crippen molar-refractivity contribution in [3.05, 3.63) is 29.8 Å². The Morgan fingerprint density at radius 3 is 2.56 bits per heavy atom. The predicted molar refractivity (Wildman–Crippen MR) is 82.3 cm³/mol. The molecule has 0 fully saturated rings. The molecule has 0 aromatic heterocycles. The molecule has 0 aliphatic rings. The zero-order chi connectivity index (χ0) is 13.2. The van der Waals surface area contributed by atoms with Crippen molar-refractivity contribution in [3.8, 4) is 0 Å². The van der Waals surface area contributed by atoms with Gasteiger partial charge in [-0.15, -0.1) is 11.8 Å². The Balaban J connectivity index is 2.10. The van der Waals surface area contributed by atoms with E-state index in [4.69, 9.17) is 0 Å². The zero-order valence-electron chi connectivity index (χ0n) is 11.8. The minimum absolute atomic E-state index is 0.742. The quantitative estimate of drug-likeness (QED) is 0.530. The molecular formula is C15H26N2S. The summed E-state index contributed by atoms with van der Waals surface area (Å²) in [7, 11) is 0. The molecule has 0 amide bonds. The van der Waals surface area contributed by atoms with E-state index in [1.54, 1.807) is 0 Å². The lowest BCUT2D eigenvalue weighted by Crippen LogP contribution is -2.24. The number of nitrogens with one attached hydrogen (secondary N) is 2. The van der Waals surface area contributed by atoms with Crippen LogP contribution in [0, 0.1) is 5.92 Å². The molecule has 18 heavy (non-hydrogen) atoms. The molecule has 0 unspecified atom stereocenters. The van der Waals surface area contributed by atoms with Gasteiger partial charge < -0.3 is 10.6 Å². The number of hydrogen-bond acceptors (Lipinski definition) is 3. The fraction of sp³-hybridized carbons (Fsp3) is 0.600. The Labute approximate surface area is 116 Å². The number of benzene rings is 1. The highest BCUT2D eigenvalue weighted by Crippen LogP contribution is 2.19. The Morgan fingerprint density at radius 1 is 1.11 bits per heavy atom. The SMILES string of the molecule is CSc1ccccc1CNCCCNCC(C)C. The highest BCUT2D eigenvalue weighted by Gasteiger charge is 1.99. The van der Waals surface area contributed by atoms with E-state index < -0.39 is 0 Å². The van der Waals surface area contributed by atoms with Gasteiger partial charge in [-0.3, -0.25) is 0 Å². The number of hydrogen-bond donors (Lipinski definition) is 2. The van der Waals surface area contributed by atoms with Crippen LogP contribution in [0.5, 0.6) is 0 Å². The monoisotopic (exact) mass is 266 g/mol. The minimum atomic E-state index is 0.742. The molecule has 0 radical (unpaired) electrons. The maximum Gasteiger partial charge on any atom is 0.0216 e. The van der Waals surface area contributed by atoms with E-state index in [-0.39, 0.29) is 0 Å². The van der Waals surface area contributed by atoms with Gasteiger partial charge >= 0.3 is 0 Å². The second-order valence-corrected chi connectivity index (χ2v) is 5.79. The van der Waals surface area contributed by atoms with Gasteiger partial charge in [-0.2, -0.15) is 0 Å². The van der Waals surface area contributed by atoms with Gasteiger partial charge in [0.2, 0.25) is 0 Å². The van der Waals surface area contributed by atoms with E-state index in [9.17, 15) is 0 Å². The number of thioether (sulfide) groups is 1. The van der Waals surface area contributed by atoms with Crippen molar-refractivity contribution in [2.75, 3.05) is 25.9 Å².